The van der Waals surface area contributed by atoms with Gasteiger partial charge in [-0.25, -0.2) is 13.8 Å². The quantitative estimate of drug-likeness (QED) is 0.249. The molecular weight excluding hydrogens is 634 g/mol. The first-order valence-electron chi connectivity index (χ1n) is 14.3. The first-order valence-corrected chi connectivity index (χ1v) is 15.3. The maximum absolute atomic E-state index is 14.2. The molecule has 1 aromatic heterocycles. The molecule has 0 radical (unpaired) electrons. The second-order valence-corrected chi connectivity index (χ2v) is 12.4. The van der Waals surface area contributed by atoms with Crippen LogP contribution in [-0.2, 0) is 32.1 Å². The lowest BCUT2D eigenvalue weighted by Gasteiger charge is -2.40. The van der Waals surface area contributed by atoms with Crippen molar-refractivity contribution in [2.45, 2.75) is 51.1 Å². The number of rotatable bonds is 13. The van der Waals surface area contributed by atoms with E-state index >= 15 is 0 Å². The highest BCUT2D eigenvalue weighted by Gasteiger charge is 2.56. The van der Waals surface area contributed by atoms with Crippen LogP contribution < -0.4 is 10.4 Å². The van der Waals surface area contributed by atoms with Crippen LogP contribution in [0.1, 0.15) is 31.5 Å². The molecule has 2 aromatic rings. The van der Waals surface area contributed by atoms with Crippen molar-refractivity contribution in [3.63, 3.8) is 0 Å². The van der Waals surface area contributed by atoms with Gasteiger partial charge < -0.3 is 15.0 Å². The molecule has 16 heteroatoms. The zero-order valence-corrected chi connectivity index (χ0v) is 26.2. The molecule has 10 nitrogen and oxygen atoms in total. The molecule has 3 atom stereocenters. The van der Waals surface area contributed by atoms with E-state index in [4.69, 9.17) is 4.74 Å². The molecule has 1 fully saturated rings. The second kappa shape index (κ2) is 14.3. The third kappa shape index (κ3) is 8.31. The van der Waals surface area contributed by atoms with E-state index in [1.807, 2.05) is 0 Å². The molecule has 248 valence electrons. The Hall–Kier alpha value is -3.81. The Kier molecular flexibility index (Phi) is 10.9. The maximum atomic E-state index is 14.2. The number of hydrogen-bond acceptors (Lipinski definition) is 7. The number of carbonyl (C=O) groups excluding carboxylic acids is 3. The van der Waals surface area contributed by atoms with Gasteiger partial charge in [0.15, 0.2) is 0 Å². The molecule has 0 spiro atoms. The monoisotopic (exact) mass is 668 g/mol. The molecule has 0 bridgehead atoms. The van der Waals surface area contributed by atoms with E-state index in [9.17, 15) is 36.3 Å². The Labute approximate surface area is 264 Å². The lowest BCUT2D eigenvalue weighted by Crippen LogP contribution is -2.62. The standard InChI is InChI=1S/C30H34F5N6O4P/c1-4-46-39-28(2,3)26(43)37-23(16-45-15-19-8-9-20(31)13-22(19)32)25(42)40-12-10-24-29(17-40,14-21-7-5-6-11-36-21)27(44)41(38-24)18-30(33,34)35/h4-9,11,13,23,39,46H,1,10,12,14-18H2,2-3H3,(H,37,43). The molecule has 0 saturated carbocycles. The van der Waals surface area contributed by atoms with Crippen molar-refractivity contribution in [1.29, 1.82) is 0 Å². The number of hydrazone groups is 1. The van der Waals surface area contributed by atoms with Crippen LogP contribution in [0.4, 0.5) is 22.0 Å². The summed E-state index contributed by atoms with van der Waals surface area (Å²) in [5.41, 5.74) is -2.14. The minimum atomic E-state index is -4.71. The van der Waals surface area contributed by atoms with Crippen molar-refractivity contribution < 1.29 is 41.1 Å². The number of nitrogens with zero attached hydrogens (tertiary/aromatic N) is 4. The Balaban J connectivity index is 1.60. The fourth-order valence-corrected chi connectivity index (χ4v) is 5.79. The summed E-state index contributed by atoms with van der Waals surface area (Å²) in [6.45, 7) is 4.10. The van der Waals surface area contributed by atoms with E-state index < -0.39 is 65.7 Å². The minimum Gasteiger partial charge on any atom is -0.374 e. The summed E-state index contributed by atoms with van der Waals surface area (Å²) in [5, 5.41) is 10.1. The lowest BCUT2D eigenvalue weighted by atomic mass is 9.74. The van der Waals surface area contributed by atoms with Gasteiger partial charge in [0, 0.05) is 49.5 Å². The molecule has 4 rings (SSSR count). The van der Waals surface area contributed by atoms with Crippen molar-refractivity contribution in [3.8, 4) is 0 Å². The second-order valence-electron chi connectivity index (χ2n) is 11.5. The van der Waals surface area contributed by atoms with Gasteiger partial charge in [0.2, 0.25) is 11.8 Å². The van der Waals surface area contributed by atoms with Crippen LogP contribution in [0.2, 0.25) is 0 Å². The van der Waals surface area contributed by atoms with E-state index in [0.717, 1.165) is 6.07 Å². The number of likely N-dealkylation sites (tertiary alicyclic amines) is 1. The zero-order valence-electron chi connectivity index (χ0n) is 25.2. The van der Waals surface area contributed by atoms with Crippen molar-refractivity contribution >= 4 is 32.2 Å². The highest BCUT2D eigenvalue weighted by molar-refractivity contribution is 7.39. The summed E-state index contributed by atoms with van der Waals surface area (Å²) < 4.78 is 73.3. The van der Waals surface area contributed by atoms with Gasteiger partial charge in [-0.1, -0.05) is 24.5 Å². The molecule has 1 aromatic carbocycles. The van der Waals surface area contributed by atoms with Gasteiger partial charge in [-0.05, 0) is 40.8 Å². The SMILES string of the molecule is C=CPNC(C)(C)C(=O)NC(COCc1ccc(F)cc1F)C(=O)N1CCC2=NN(CC(F)(F)F)C(=O)C2(Cc2ccccn2)C1. The highest BCUT2D eigenvalue weighted by atomic mass is 31.1. The van der Waals surface area contributed by atoms with Gasteiger partial charge >= 0.3 is 6.18 Å². The molecule has 1 saturated heterocycles. The number of nitrogens with one attached hydrogen (secondary N) is 2. The molecule has 3 amide bonds. The average molecular weight is 669 g/mol. The number of hydrogen-bond donors (Lipinski definition) is 2. The Morgan fingerprint density at radius 2 is 1.98 bits per heavy atom. The van der Waals surface area contributed by atoms with Crippen molar-refractivity contribution in [2.24, 2.45) is 10.5 Å². The molecular formula is C30H34F5N6O4P. The molecule has 46 heavy (non-hydrogen) atoms. The first-order chi connectivity index (χ1) is 21.6. The number of amides is 3. The number of halogens is 5. The van der Waals surface area contributed by atoms with Crippen LogP contribution >= 0.6 is 8.73 Å². The molecule has 3 unspecified atom stereocenters. The lowest BCUT2D eigenvalue weighted by molar-refractivity contribution is -0.164. The van der Waals surface area contributed by atoms with Gasteiger partial charge in [0.1, 0.15) is 29.6 Å². The summed E-state index contributed by atoms with van der Waals surface area (Å²) in [6, 6.07) is 6.53. The fraction of sp³-hybridized carbons (Fsp3) is 0.433. The number of benzene rings is 1. The smallest absolute Gasteiger partial charge is 0.374 e. The minimum absolute atomic E-state index is 0.00547. The predicted molar refractivity (Wildman–Crippen MR) is 160 cm³/mol. The summed E-state index contributed by atoms with van der Waals surface area (Å²) in [4.78, 5) is 46.5. The molecule has 2 N–H and O–H groups in total. The highest BCUT2D eigenvalue weighted by Crippen LogP contribution is 2.39. The van der Waals surface area contributed by atoms with Crippen LogP contribution in [0.15, 0.2) is 60.1 Å². The van der Waals surface area contributed by atoms with Gasteiger partial charge in [0.05, 0.1) is 24.5 Å². The zero-order chi connectivity index (χ0) is 33.7. The number of aromatic nitrogens is 1. The fourth-order valence-electron chi connectivity index (χ4n) is 5.21. The third-order valence-corrected chi connectivity index (χ3v) is 8.56. The van der Waals surface area contributed by atoms with Crippen molar-refractivity contribution in [2.75, 3.05) is 26.2 Å². The summed E-state index contributed by atoms with van der Waals surface area (Å²) in [5.74, 6) is -2.22. The number of alkyl halides is 3. The molecule has 2 aliphatic rings. The van der Waals surface area contributed by atoms with Crippen LogP contribution in [0, 0.1) is 17.0 Å². The Bertz CT molecular complexity index is 1490. The van der Waals surface area contributed by atoms with Gasteiger partial charge in [-0.15, -0.1) is 0 Å². The van der Waals surface area contributed by atoms with Crippen molar-refractivity contribution in [1.82, 2.24) is 25.3 Å². The first kappa shape index (κ1) is 35.1. The topological polar surface area (TPSA) is 116 Å². The molecule has 0 aliphatic carbocycles. The maximum Gasteiger partial charge on any atom is 0.408 e. The van der Waals surface area contributed by atoms with E-state index in [1.165, 1.54) is 17.2 Å². The Morgan fingerprint density at radius 1 is 1.22 bits per heavy atom. The number of piperidine rings is 1. The largest absolute Gasteiger partial charge is 0.408 e. The summed E-state index contributed by atoms with van der Waals surface area (Å²) in [7, 11) is 0.0197. The summed E-state index contributed by atoms with van der Waals surface area (Å²) in [6.07, 6.45) is -3.34. The van der Waals surface area contributed by atoms with Gasteiger partial charge in [-0.2, -0.15) is 18.3 Å². The number of carbonyl (C=O) groups is 3. The summed E-state index contributed by atoms with van der Waals surface area (Å²) >= 11 is 0. The Morgan fingerprint density at radius 3 is 2.63 bits per heavy atom. The predicted octanol–water partition coefficient (Wildman–Crippen LogP) is 3.69. The molecule has 2 aliphatic heterocycles. The number of fused-ring (bicyclic) bond motifs is 1. The van der Waals surface area contributed by atoms with Gasteiger partial charge in [0.25, 0.3) is 5.91 Å². The van der Waals surface area contributed by atoms with E-state index in [-0.39, 0.29) is 52.5 Å². The third-order valence-electron chi connectivity index (χ3n) is 7.58. The normalized spacial score (nSPS) is 19.3. The van der Waals surface area contributed by atoms with E-state index in [1.54, 1.807) is 37.9 Å². The number of pyridine rings is 1. The van der Waals surface area contributed by atoms with Crippen LogP contribution in [0.5, 0.6) is 0 Å². The van der Waals surface area contributed by atoms with E-state index in [0.29, 0.717) is 16.8 Å². The molecule has 3 heterocycles. The average Bonchev–Trinajstić information content (AvgIpc) is 3.25. The van der Waals surface area contributed by atoms with Crippen LogP contribution in [0.3, 0.4) is 0 Å². The van der Waals surface area contributed by atoms with Crippen molar-refractivity contribution in [3.05, 3.63) is 77.9 Å². The van der Waals surface area contributed by atoms with Crippen LogP contribution in [0.25, 0.3) is 0 Å². The van der Waals surface area contributed by atoms with Gasteiger partial charge in [-0.3, -0.25) is 24.5 Å². The van der Waals surface area contributed by atoms with Crippen LogP contribution in [-0.4, -0.2) is 82.3 Å². The number of ether oxygens (including phenoxy) is 1. The van der Waals surface area contributed by atoms with E-state index in [2.05, 4.69) is 27.1 Å².